The highest BCUT2D eigenvalue weighted by atomic mass is 35.5. The fourth-order valence-corrected chi connectivity index (χ4v) is 3.04. The summed E-state index contributed by atoms with van der Waals surface area (Å²) in [6.45, 7) is 4.02. The van der Waals surface area contributed by atoms with Crippen LogP contribution in [0.15, 0.2) is 30.3 Å². The van der Waals surface area contributed by atoms with E-state index in [1.807, 2.05) is 24.3 Å². The molecule has 3 rings (SSSR count). The Morgan fingerprint density at radius 2 is 1.75 bits per heavy atom. The summed E-state index contributed by atoms with van der Waals surface area (Å²) in [5, 5.41) is 1.09. The molecule has 0 spiro atoms. The van der Waals surface area contributed by atoms with E-state index in [2.05, 4.69) is 11.1 Å². The Morgan fingerprint density at radius 1 is 1.10 bits per heavy atom. The molecule has 5 heteroatoms. The topological polar surface area (TPSA) is 43.3 Å². The highest BCUT2D eigenvalue weighted by Gasteiger charge is 2.18. The molecule has 2 aromatic heterocycles. The first kappa shape index (κ1) is 13.3. The molecular formula is C15H13Cl2N3. The number of halogens is 2. The molecule has 1 aromatic carbocycles. The third-order valence-corrected chi connectivity index (χ3v) is 3.91. The summed E-state index contributed by atoms with van der Waals surface area (Å²) >= 11 is 12.5. The first-order chi connectivity index (χ1) is 9.49. The van der Waals surface area contributed by atoms with Crippen LogP contribution < -0.4 is 5.73 Å². The van der Waals surface area contributed by atoms with Gasteiger partial charge < -0.3 is 5.73 Å². The lowest BCUT2D eigenvalue weighted by atomic mass is 10.1. The van der Waals surface area contributed by atoms with Gasteiger partial charge in [0.15, 0.2) is 0 Å². The van der Waals surface area contributed by atoms with E-state index in [0.29, 0.717) is 27.1 Å². The molecule has 0 fully saturated rings. The predicted molar refractivity (Wildman–Crippen MR) is 84.5 cm³/mol. The Morgan fingerprint density at radius 3 is 2.40 bits per heavy atom. The van der Waals surface area contributed by atoms with Crippen molar-refractivity contribution >= 4 is 34.7 Å². The molecule has 0 unspecified atom stereocenters. The molecule has 3 aromatic rings. The minimum Gasteiger partial charge on any atom is -0.383 e. The fourth-order valence-electron chi connectivity index (χ4n) is 2.47. The second-order valence-electron chi connectivity index (χ2n) is 4.81. The molecule has 2 heterocycles. The lowest BCUT2D eigenvalue weighted by molar-refractivity contribution is 1.09. The molecule has 3 nitrogen and oxygen atoms in total. The normalized spacial score (nSPS) is 11.2. The van der Waals surface area contributed by atoms with Crippen LogP contribution in [0.5, 0.6) is 0 Å². The van der Waals surface area contributed by atoms with E-state index in [1.165, 1.54) is 0 Å². The van der Waals surface area contributed by atoms with E-state index < -0.39 is 0 Å². The molecule has 0 aliphatic rings. The molecular weight excluding hydrogens is 293 g/mol. The standard InChI is InChI=1S/C15H13Cl2N3/c1-8-6-9(2)20-12(7-8)19-14(15(20)18)13-10(16)4-3-5-11(13)17/h3-7H,18H2,1-2H3. The van der Waals surface area contributed by atoms with Gasteiger partial charge in [0.2, 0.25) is 0 Å². The lowest BCUT2D eigenvalue weighted by Gasteiger charge is -2.06. The van der Waals surface area contributed by atoms with Gasteiger partial charge in [-0.3, -0.25) is 4.40 Å². The van der Waals surface area contributed by atoms with Crippen molar-refractivity contribution in [2.75, 3.05) is 5.73 Å². The van der Waals surface area contributed by atoms with Crippen LogP contribution in [0.25, 0.3) is 16.9 Å². The minimum atomic E-state index is 0.544. The average Bonchev–Trinajstić information content (AvgIpc) is 2.66. The van der Waals surface area contributed by atoms with Gasteiger partial charge in [0, 0.05) is 11.3 Å². The first-order valence-electron chi connectivity index (χ1n) is 6.18. The van der Waals surface area contributed by atoms with Gasteiger partial charge in [-0.1, -0.05) is 29.3 Å². The number of fused-ring (bicyclic) bond motifs is 1. The number of nitrogen functional groups attached to an aromatic ring is 1. The number of rotatable bonds is 1. The summed E-state index contributed by atoms with van der Waals surface area (Å²) in [6.07, 6.45) is 0. The Hall–Kier alpha value is -1.71. The number of aromatic nitrogens is 2. The van der Waals surface area contributed by atoms with Crippen molar-refractivity contribution in [3.63, 3.8) is 0 Å². The van der Waals surface area contributed by atoms with E-state index in [1.54, 1.807) is 18.2 Å². The minimum absolute atomic E-state index is 0.544. The van der Waals surface area contributed by atoms with Crippen LogP contribution in [0.2, 0.25) is 10.0 Å². The number of nitrogens with two attached hydrogens (primary N) is 1. The van der Waals surface area contributed by atoms with Crippen molar-refractivity contribution in [3.05, 3.63) is 51.6 Å². The zero-order valence-electron chi connectivity index (χ0n) is 11.1. The average molecular weight is 306 g/mol. The Bertz CT molecular complexity index is 801. The maximum absolute atomic E-state index is 6.25. The molecule has 0 saturated heterocycles. The Balaban J connectivity index is 2.39. The highest BCUT2D eigenvalue weighted by molar-refractivity contribution is 6.39. The molecule has 2 N–H and O–H groups in total. The predicted octanol–water partition coefficient (Wildman–Crippen LogP) is 4.51. The number of imidazole rings is 1. The van der Waals surface area contributed by atoms with E-state index in [9.17, 15) is 0 Å². The maximum Gasteiger partial charge on any atom is 0.139 e. The summed E-state index contributed by atoms with van der Waals surface area (Å²) < 4.78 is 1.90. The van der Waals surface area contributed by atoms with Crippen molar-refractivity contribution in [3.8, 4) is 11.3 Å². The molecule has 0 atom stereocenters. The van der Waals surface area contributed by atoms with E-state index in [4.69, 9.17) is 28.9 Å². The zero-order chi connectivity index (χ0) is 14.4. The van der Waals surface area contributed by atoms with Crippen molar-refractivity contribution in [1.29, 1.82) is 0 Å². The summed E-state index contributed by atoms with van der Waals surface area (Å²) in [5.74, 6) is 0.549. The van der Waals surface area contributed by atoms with Crippen molar-refractivity contribution in [1.82, 2.24) is 9.38 Å². The van der Waals surface area contributed by atoms with Crippen LogP contribution in [-0.4, -0.2) is 9.38 Å². The molecule has 0 bridgehead atoms. The monoisotopic (exact) mass is 305 g/mol. The summed E-state index contributed by atoms with van der Waals surface area (Å²) in [5.41, 5.74) is 10.5. The lowest BCUT2D eigenvalue weighted by Crippen LogP contribution is -1.98. The second-order valence-corrected chi connectivity index (χ2v) is 5.62. The van der Waals surface area contributed by atoms with Crippen molar-refractivity contribution in [2.24, 2.45) is 0 Å². The third-order valence-electron chi connectivity index (χ3n) is 3.28. The van der Waals surface area contributed by atoms with Gasteiger partial charge in [0.25, 0.3) is 0 Å². The summed E-state index contributed by atoms with van der Waals surface area (Å²) in [7, 11) is 0. The maximum atomic E-state index is 6.25. The van der Waals surface area contributed by atoms with Crippen molar-refractivity contribution < 1.29 is 0 Å². The van der Waals surface area contributed by atoms with Crippen LogP contribution in [0.3, 0.4) is 0 Å². The second kappa shape index (κ2) is 4.69. The summed E-state index contributed by atoms with van der Waals surface area (Å²) in [6, 6.07) is 9.41. The van der Waals surface area contributed by atoms with Gasteiger partial charge in [-0.2, -0.15) is 0 Å². The van der Waals surface area contributed by atoms with Crippen molar-refractivity contribution in [2.45, 2.75) is 13.8 Å². The van der Waals surface area contributed by atoms with E-state index in [0.717, 1.165) is 16.9 Å². The highest BCUT2D eigenvalue weighted by Crippen LogP contribution is 2.37. The van der Waals surface area contributed by atoms with Gasteiger partial charge in [-0.05, 0) is 43.7 Å². The van der Waals surface area contributed by atoms with Gasteiger partial charge in [-0.15, -0.1) is 0 Å². The molecule has 20 heavy (non-hydrogen) atoms. The van der Waals surface area contributed by atoms with Gasteiger partial charge in [0.05, 0.1) is 10.0 Å². The molecule has 102 valence electrons. The number of nitrogens with zero attached hydrogens (tertiary/aromatic N) is 2. The van der Waals surface area contributed by atoms with Crippen LogP contribution in [0.4, 0.5) is 5.82 Å². The number of pyridine rings is 1. The van der Waals surface area contributed by atoms with Crippen LogP contribution in [0, 0.1) is 13.8 Å². The smallest absolute Gasteiger partial charge is 0.139 e. The number of hydrogen-bond donors (Lipinski definition) is 1. The third kappa shape index (κ3) is 1.94. The van der Waals surface area contributed by atoms with Crippen LogP contribution in [0.1, 0.15) is 11.3 Å². The number of anilines is 1. The largest absolute Gasteiger partial charge is 0.383 e. The molecule has 0 aliphatic carbocycles. The molecule has 0 saturated carbocycles. The Labute approximate surface area is 127 Å². The fraction of sp³-hybridized carbons (Fsp3) is 0.133. The summed E-state index contributed by atoms with van der Waals surface area (Å²) in [4.78, 5) is 4.59. The number of hydrogen-bond acceptors (Lipinski definition) is 2. The van der Waals surface area contributed by atoms with Crippen LogP contribution in [-0.2, 0) is 0 Å². The molecule has 0 aliphatic heterocycles. The molecule has 0 amide bonds. The zero-order valence-corrected chi connectivity index (χ0v) is 12.6. The first-order valence-corrected chi connectivity index (χ1v) is 6.94. The Kier molecular flexibility index (Phi) is 3.11. The van der Waals surface area contributed by atoms with Gasteiger partial charge in [-0.25, -0.2) is 4.98 Å². The number of benzene rings is 1. The van der Waals surface area contributed by atoms with Gasteiger partial charge in [0.1, 0.15) is 17.2 Å². The quantitative estimate of drug-likeness (QED) is 0.719. The van der Waals surface area contributed by atoms with Gasteiger partial charge >= 0.3 is 0 Å². The molecule has 0 radical (unpaired) electrons. The van der Waals surface area contributed by atoms with E-state index in [-0.39, 0.29) is 0 Å². The SMILES string of the molecule is Cc1cc(C)n2c(N)c(-c3c(Cl)cccc3Cl)nc2c1. The van der Waals surface area contributed by atoms with Crippen LogP contribution >= 0.6 is 23.2 Å². The van der Waals surface area contributed by atoms with E-state index >= 15 is 0 Å². The number of aryl methyl sites for hydroxylation is 2.